The summed E-state index contributed by atoms with van der Waals surface area (Å²) < 4.78 is 1.73. The maximum atomic E-state index is 8.98. The van der Waals surface area contributed by atoms with E-state index in [1.165, 1.54) is 0 Å². The van der Waals surface area contributed by atoms with E-state index in [0.717, 1.165) is 17.3 Å². The Kier molecular flexibility index (Phi) is 2.30. The van der Waals surface area contributed by atoms with Gasteiger partial charge in [0.1, 0.15) is 6.04 Å². The molecule has 0 saturated heterocycles. The van der Waals surface area contributed by atoms with Crippen LogP contribution in [0.5, 0.6) is 0 Å². The lowest BCUT2D eigenvalue weighted by molar-refractivity contribution is 0.552. The molecule has 1 unspecified atom stereocenters. The van der Waals surface area contributed by atoms with Crippen LogP contribution in [0.4, 0.5) is 5.69 Å². The Balaban J connectivity index is 2.62. The molecule has 0 aliphatic carbocycles. The molecule has 2 N–H and O–H groups in total. The van der Waals surface area contributed by atoms with Gasteiger partial charge in [0.2, 0.25) is 0 Å². The van der Waals surface area contributed by atoms with E-state index in [1.54, 1.807) is 10.9 Å². The number of rotatable bonds is 2. The van der Waals surface area contributed by atoms with Gasteiger partial charge in [0.25, 0.3) is 0 Å². The lowest BCUT2D eigenvalue weighted by Crippen LogP contribution is -2.07. The van der Waals surface area contributed by atoms with Crippen molar-refractivity contribution in [3.63, 3.8) is 0 Å². The second-order valence-corrected chi connectivity index (χ2v) is 3.46. The largest absolute Gasteiger partial charge is 0.399 e. The van der Waals surface area contributed by atoms with Crippen LogP contribution in [0.1, 0.15) is 19.4 Å². The quantitative estimate of drug-likeness (QED) is 0.755. The van der Waals surface area contributed by atoms with Crippen molar-refractivity contribution in [2.75, 3.05) is 5.73 Å². The highest BCUT2D eigenvalue weighted by Gasteiger charge is 2.11. The molecule has 1 aromatic heterocycles. The summed E-state index contributed by atoms with van der Waals surface area (Å²) in [6.45, 7) is 1.97. The van der Waals surface area contributed by atoms with Gasteiger partial charge in [0, 0.05) is 11.1 Å². The predicted molar refractivity (Wildman–Crippen MR) is 59.1 cm³/mol. The van der Waals surface area contributed by atoms with E-state index in [1.807, 2.05) is 25.1 Å². The van der Waals surface area contributed by atoms with E-state index in [2.05, 4.69) is 11.2 Å². The average Bonchev–Trinajstić information content (AvgIpc) is 2.64. The summed E-state index contributed by atoms with van der Waals surface area (Å²) in [5.41, 5.74) is 7.32. The smallest absolute Gasteiger partial charge is 0.138 e. The Hall–Kier alpha value is -2.02. The fourth-order valence-corrected chi connectivity index (χ4v) is 1.62. The molecule has 0 saturated carbocycles. The maximum absolute atomic E-state index is 8.98. The number of hydrogen-bond acceptors (Lipinski definition) is 3. The summed E-state index contributed by atoms with van der Waals surface area (Å²) in [7, 11) is 0. The van der Waals surface area contributed by atoms with E-state index < -0.39 is 0 Å². The third-order valence-corrected chi connectivity index (χ3v) is 2.45. The molecule has 0 amide bonds. The molecule has 1 atom stereocenters. The SMILES string of the molecule is CCC(C#N)n1ncc2ccc(N)cc21. The number of nitrogens with zero attached hydrogens (tertiary/aromatic N) is 3. The zero-order chi connectivity index (χ0) is 10.8. The number of nitrogens with two attached hydrogens (primary N) is 1. The Labute approximate surface area is 87.9 Å². The van der Waals surface area contributed by atoms with Gasteiger partial charge >= 0.3 is 0 Å². The number of nitrogen functional groups attached to an aromatic ring is 1. The molecular weight excluding hydrogens is 188 g/mol. The molecule has 1 aromatic carbocycles. The van der Waals surface area contributed by atoms with Gasteiger partial charge in [-0.1, -0.05) is 6.92 Å². The van der Waals surface area contributed by atoms with Crippen molar-refractivity contribution in [1.29, 1.82) is 5.26 Å². The van der Waals surface area contributed by atoms with Crippen molar-refractivity contribution < 1.29 is 0 Å². The lowest BCUT2D eigenvalue weighted by atomic mass is 10.2. The molecule has 0 fully saturated rings. The summed E-state index contributed by atoms with van der Waals surface area (Å²) >= 11 is 0. The first-order chi connectivity index (χ1) is 7.26. The zero-order valence-corrected chi connectivity index (χ0v) is 8.51. The van der Waals surface area contributed by atoms with E-state index in [9.17, 15) is 0 Å². The van der Waals surface area contributed by atoms with E-state index in [0.29, 0.717) is 5.69 Å². The molecule has 2 aromatic rings. The summed E-state index contributed by atoms with van der Waals surface area (Å²) in [6, 6.07) is 7.61. The molecule has 4 nitrogen and oxygen atoms in total. The minimum Gasteiger partial charge on any atom is -0.399 e. The number of benzene rings is 1. The summed E-state index contributed by atoms with van der Waals surface area (Å²) in [5.74, 6) is 0. The average molecular weight is 200 g/mol. The van der Waals surface area contributed by atoms with Gasteiger partial charge in [-0.15, -0.1) is 0 Å². The topological polar surface area (TPSA) is 67.6 Å². The number of anilines is 1. The Morgan fingerprint density at radius 3 is 3.07 bits per heavy atom. The van der Waals surface area contributed by atoms with Crippen LogP contribution in [0.15, 0.2) is 24.4 Å². The normalized spacial score (nSPS) is 12.5. The van der Waals surface area contributed by atoms with E-state index >= 15 is 0 Å². The lowest BCUT2D eigenvalue weighted by Gasteiger charge is -2.08. The van der Waals surface area contributed by atoms with Gasteiger partial charge in [0.05, 0.1) is 17.8 Å². The van der Waals surface area contributed by atoms with Crippen molar-refractivity contribution in [2.45, 2.75) is 19.4 Å². The molecule has 1 heterocycles. The molecule has 4 heteroatoms. The second-order valence-electron chi connectivity index (χ2n) is 3.46. The standard InChI is InChI=1S/C11H12N4/c1-2-10(6-12)15-11-5-9(13)4-3-8(11)7-14-15/h3-5,7,10H,2,13H2,1H3. The second kappa shape index (κ2) is 3.62. The van der Waals surface area contributed by atoms with Crippen LogP contribution in [0.25, 0.3) is 10.9 Å². The van der Waals surface area contributed by atoms with Gasteiger partial charge in [0.15, 0.2) is 0 Å². The van der Waals surface area contributed by atoms with Gasteiger partial charge < -0.3 is 5.73 Å². The minimum atomic E-state index is -0.218. The van der Waals surface area contributed by atoms with Crippen molar-refractivity contribution in [3.8, 4) is 6.07 Å². The third-order valence-electron chi connectivity index (χ3n) is 2.45. The zero-order valence-electron chi connectivity index (χ0n) is 8.51. The van der Waals surface area contributed by atoms with Gasteiger partial charge in [-0.25, -0.2) is 4.68 Å². The van der Waals surface area contributed by atoms with Crippen LogP contribution < -0.4 is 5.73 Å². The van der Waals surface area contributed by atoms with E-state index in [4.69, 9.17) is 11.0 Å². The van der Waals surface area contributed by atoms with Crippen LogP contribution in [-0.4, -0.2) is 9.78 Å². The molecule has 0 spiro atoms. The fraction of sp³-hybridized carbons (Fsp3) is 0.273. The number of nitriles is 1. The van der Waals surface area contributed by atoms with Gasteiger partial charge in [-0.05, 0) is 24.6 Å². The van der Waals surface area contributed by atoms with Crippen molar-refractivity contribution >= 4 is 16.6 Å². The monoisotopic (exact) mass is 200 g/mol. The third kappa shape index (κ3) is 1.52. The minimum absolute atomic E-state index is 0.218. The first-order valence-electron chi connectivity index (χ1n) is 4.88. The highest BCUT2D eigenvalue weighted by molar-refractivity contribution is 5.82. The molecule has 0 radical (unpaired) electrons. The molecule has 0 aliphatic heterocycles. The summed E-state index contributed by atoms with van der Waals surface area (Å²) in [6.07, 6.45) is 2.50. The van der Waals surface area contributed by atoms with Crippen molar-refractivity contribution in [2.24, 2.45) is 0 Å². The van der Waals surface area contributed by atoms with Gasteiger partial charge in [-0.2, -0.15) is 10.4 Å². The molecule has 0 bridgehead atoms. The summed E-state index contributed by atoms with van der Waals surface area (Å²) in [4.78, 5) is 0. The van der Waals surface area contributed by atoms with Crippen molar-refractivity contribution in [1.82, 2.24) is 9.78 Å². The molecular formula is C11H12N4. The Bertz CT molecular complexity index is 521. The fourth-order valence-electron chi connectivity index (χ4n) is 1.62. The maximum Gasteiger partial charge on any atom is 0.138 e. The summed E-state index contributed by atoms with van der Waals surface area (Å²) in [5, 5.41) is 14.2. The number of hydrogen-bond donors (Lipinski definition) is 1. The molecule has 76 valence electrons. The highest BCUT2D eigenvalue weighted by atomic mass is 15.3. The van der Waals surface area contributed by atoms with Crippen LogP contribution >= 0.6 is 0 Å². The first kappa shape index (κ1) is 9.53. The van der Waals surface area contributed by atoms with E-state index in [-0.39, 0.29) is 6.04 Å². The molecule has 15 heavy (non-hydrogen) atoms. The number of fused-ring (bicyclic) bond motifs is 1. The van der Waals surface area contributed by atoms with Crippen LogP contribution in [0.2, 0.25) is 0 Å². The van der Waals surface area contributed by atoms with Gasteiger partial charge in [-0.3, -0.25) is 0 Å². The van der Waals surface area contributed by atoms with Crippen LogP contribution in [-0.2, 0) is 0 Å². The Morgan fingerprint density at radius 2 is 2.40 bits per heavy atom. The molecule has 2 rings (SSSR count). The predicted octanol–water partition coefficient (Wildman–Crippen LogP) is 2.09. The number of aromatic nitrogens is 2. The Morgan fingerprint density at radius 1 is 1.60 bits per heavy atom. The first-order valence-corrected chi connectivity index (χ1v) is 4.88. The molecule has 0 aliphatic rings. The van der Waals surface area contributed by atoms with Crippen molar-refractivity contribution in [3.05, 3.63) is 24.4 Å². The van der Waals surface area contributed by atoms with Crippen LogP contribution in [0.3, 0.4) is 0 Å². The highest BCUT2D eigenvalue weighted by Crippen LogP contribution is 2.21. The van der Waals surface area contributed by atoms with Crippen LogP contribution in [0, 0.1) is 11.3 Å².